The largest absolute Gasteiger partial charge is 0.462 e. The van der Waals surface area contributed by atoms with Crippen LogP contribution < -0.4 is 5.32 Å². The molecule has 0 heterocycles. The Labute approximate surface area is 365 Å². The Kier molecular flexibility index (Phi) is 44.7. The maximum absolute atomic E-state index is 13.2. The maximum atomic E-state index is 13.2. The molecule has 6 nitrogen and oxygen atoms in total. The van der Waals surface area contributed by atoms with Gasteiger partial charge in [-0.1, -0.05) is 204 Å². The summed E-state index contributed by atoms with van der Waals surface area (Å²) >= 11 is 0. The van der Waals surface area contributed by atoms with E-state index in [4.69, 9.17) is 4.74 Å². The summed E-state index contributed by atoms with van der Waals surface area (Å²) in [6.07, 6.45) is 57.1. The molecule has 3 N–H and O–H groups in total. The van der Waals surface area contributed by atoms with Crippen molar-refractivity contribution < 1.29 is 24.5 Å². The highest BCUT2D eigenvalue weighted by Gasteiger charge is 2.24. The van der Waals surface area contributed by atoms with Crippen molar-refractivity contribution in [2.75, 3.05) is 6.61 Å². The summed E-state index contributed by atoms with van der Waals surface area (Å²) in [5.41, 5.74) is 0. The highest BCUT2D eigenvalue weighted by Crippen LogP contribution is 2.17. The van der Waals surface area contributed by atoms with Crippen molar-refractivity contribution in [2.24, 2.45) is 0 Å². The summed E-state index contributed by atoms with van der Waals surface area (Å²) in [4.78, 5) is 26.1. The van der Waals surface area contributed by atoms with E-state index in [1.807, 2.05) is 0 Å². The number of nitrogens with one attached hydrogen (secondary N) is 1. The van der Waals surface area contributed by atoms with Gasteiger partial charge in [0.2, 0.25) is 5.91 Å². The van der Waals surface area contributed by atoms with Crippen molar-refractivity contribution in [1.29, 1.82) is 0 Å². The molecular formula is C53H95NO5. The minimum absolute atomic E-state index is 0.0582. The number of hydrogen-bond acceptors (Lipinski definition) is 5. The molecule has 0 aromatic carbocycles. The Bertz CT molecular complexity index is 1060. The molecule has 0 aliphatic carbocycles. The second-order valence-corrected chi connectivity index (χ2v) is 16.8. The SMILES string of the molecule is CC/C=C/C/C=C/C/C=C/CCCCCCC(CC(=O)NC(CO)C(O)CCCCCCCCCCCCCC)OC(=O)CCCCCCCCC/C=C/C/C=C/CC. The first-order chi connectivity index (χ1) is 29.0. The zero-order chi connectivity index (χ0) is 43.1. The molecule has 3 unspecified atom stereocenters. The Balaban J connectivity index is 4.63. The zero-order valence-corrected chi connectivity index (χ0v) is 38.9. The van der Waals surface area contributed by atoms with E-state index in [9.17, 15) is 19.8 Å². The maximum Gasteiger partial charge on any atom is 0.306 e. The van der Waals surface area contributed by atoms with Crippen molar-refractivity contribution in [3.63, 3.8) is 0 Å². The second-order valence-electron chi connectivity index (χ2n) is 16.8. The average molecular weight is 826 g/mol. The first-order valence-electron chi connectivity index (χ1n) is 25.0. The third-order valence-electron chi connectivity index (χ3n) is 11.1. The number of ether oxygens (including phenoxy) is 1. The summed E-state index contributed by atoms with van der Waals surface area (Å²) in [5, 5.41) is 23.7. The molecule has 0 aliphatic heterocycles. The first kappa shape index (κ1) is 56.6. The quantitative estimate of drug-likeness (QED) is 0.0323. The zero-order valence-electron chi connectivity index (χ0n) is 38.9. The fourth-order valence-electron chi connectivity index (χ4n) is 7.36. The fourth-order valence-corrected chi connectivity index (χ4v) is 7.36. The summed E-state index contributed by atoms with van der Waals surface area (Å²) in [6, 6.07) is -0.711. The Morgan fingerprint density at radius 1 is 0.508 bits per heavy atom. The van der Waals surface area contributed by atoms with Gasteiger partial charge >= 0.3 is 5.97 Å². The number of amides is 1. The molecule has 0 fully saturated rings. The van der Waals surface area contributed by atoms with Crippen LogP contribution in [-0.2, 0) is 14.3 Å². The Hall–Kier alpha value is -2.44. The van der Waals surface area contributed by atoms with Crippen molar-refractivity contribution in [3.05, 3.63) is 60.8 Å². The lowest BCUT2D eigenvalue weighted by atomic mass is 10.0. The van der Waals surface area contributed by atoms with Gasteiger partial charge < -0.3 is 20.3 Å². The lowest BCUT2D eigenvalue weighted by Crippen LogP contribution is -2.46. The minimum atomic E-state index is -0.795. The van der Waals surface area contributed by atoms with Crippen LogP contribution in [0.3, 0.4) is 0 Å². The molecule has 342 valence electrons. The fraction of sp³-hybridized carbons (Fsp3) is 0.774. The normalized spacial score (nSPS) is 13.8. The molecular weight excluding hydrogens is 731 g/mol. The van der Waals surface area contributed by atoms with Gasteiger partial charge in [-0.25, -0.2) is 0 Å². The van der Waals surface area contributed by atoms with Crippen molar-refractivity contribution in [3.8, 4) is 0 Å². The highest BCUT2D eigenvalue weighted by atomic mass is 16.5. The van der Waals surface area contributed by atoms with Crippen LogP contribution in [0.15, 0.2) is 60.8 Å². The number of allylic oxidation sites excluding steroid dienone is 10. The van der Waals surface area contributed by atoms with Gasteiger partial charge in [0.1, 0.15) is 6.10 Å². The number of carbonyl (C=O) groups excluding carboxylic acids is 2. The number of hydrogen-bond donors (Lipinski definition) is 3. The van der Waals surface area contributed by atoms with E-state index in [-0.39, 0.29) is 24.9 Å². The lowest BCUT2D eigenvalue weighted by molar-refractivity contribution is -0.151. The van der Waals surface area contributed by atoms with Crippen molar-refractivity contribution in [2.45, 2.75) is 257 Å². The van der Waals surface area contributed by atoms with Crippen LogP contribution in [0, 0.1) is 0 Å². The predicted octanol–water partition coefficient (Wildman–Crippen LogP) is 14.8. The number of carbonyl (C=O) groups is 2. The van der Waals surface area contributed by atoms with E-state index in [1.54, 1.807) is 0 Å². The Morgan fingerprint density at radius 3 is 1.39 bits per heavy atom. The van der Waals surface area contributed by atoms with Crippen LogP contribution in [0.5, 0.6) is 0 Å². The van der Waals surface area contributed by atoms with E-state index in [0.717, 1.165) is 109 Å². The van der Waals surface area contributed by atoms with E-state index >= 15 is 0 Å². The molecule has 0 saturated heterocycles. The van der Waals surface area contributed by atoms with Gasteiger partial charge in [-0.15, -0.1) is 0 Å². The average Bonchev–Trinajstić information content (AvgIpc) is 3.23. The molecule has 6 heteroatoms. The summed E-state index contributed by atoms with van der Waals surface area (Å²) < 4.78 is 5.92. The van der Waals surface area contributed by atoms with E-state index in [2.05, 4.69) is 86.8 Å². The highest BCUT2D eigenvalue weighted by molar-refractivity contribution is 5.77. The summed E-state index contributed by atoms with van der Waals surface area (Å²) in [5.74, 6) is -0.505. The third kappa shape index (κ3) is 42.1. The number of aliphatic hydroxyl groups is 2. The lowest BCUT2D eigenvalue weighted by Gasteiger charge is -2.24. The summed E-state index contributed by atoms with van der Waals surface area (Å²) in [6.45, 7) is 6.25. The first-order valence-corrected chi connectivity index (χ1v) is 25.0. The van der Waals surface area contributed by atoms with Crippen LogP contribution in [0.2, 0.25) is 0 Å². The topological polar surface area (TPSA) is 95.9 Å². The molecule has 0 radical (unpaired) electrons. The van der Waals surface area contributed by atoms with Crippen molar-refractivity contribution in [1.82, 2.24) is 5.32 Å². The van der Waals surface area contributed by atoms with Crippen LogP contribution in [0.4, 0.5) is 0 Å². The minimum Gasteiger partial charge on any atom is -0.462 e. The van der Waals surface area contributed by atoms with Gasteiger partial charge in [-0.3, -0.25) is 9.59 Å². The standard InChI is InChI=1S/C53H95NO5/c1-4-7-10-13-16-19-22-25-27-29-32-35-38-41-44-49(59-53(58)46-43-40-37-34-31-28-26-23-20-17-14-11-8-5-2)47-52(57)54-50(48-55)51(56)45-42-39-36-33-30-24-21-18-15-12-9-6-3/h7-8,10-11,16-17,19-20,25,27,49-51,55-56H,4-6,9,12-15,18,21-24,26,28-48H2,1-3H3,(H,54,57)/b10-7+,11-8+,19-16+,20-17+,27-25+. The molecule has 0 bridgehead atoms. The van der Waals surface area contributed by atoms with E-state index in [1.165, 1.54) is 83.5 Å². The number of rotatable bonds is 44. The van der Waals surface area contributed by atoms with Crippen molar-refractivity contribution >= 4 is 11.9 Å². The Morgan fingerprint density at radius 2 is 0.915 bits per heavy atom. The number of unbranched alkanes of at least 4 members (excludes halogenated alkanes) is 22. The molecule has 0 rings (SSSR count). The van der Waals surface area contributed by atoms with Gasteiger partial charge in [-0.05, 0) is 83.5 Å². The molecule has 0 aromatic rings. The van der Waals surface area contributed by atoms with E-state index in [0.29, 0.717) is 19.3 Å². The van der Waals surface area contributed by atoms with Gasteiger partial charge in [0, 0.05) is 6.42 Å². The molecule has 0 saturated carbocycles. The second kappa shape index (κ2) is 46.6. The van der Waals surface area contributed by atoms with Gasteiger partial charge in [0.25, 0.3) is 0 Å². The monoisotopic (exact) mass is 826 g/mol. The molecule has 0 aliphatic rings. The van der Waals surface area contributed by atoms with Gasteiger partial charge in [-0.2, -0.15) is 0 Å². The predicted molar refractivity (Wildman–Crippen MR) is 255 cm³/mol. The molecule has 0 aromatic heterocycles. The molecule has 59 heavy (non-hydrogen) atoms. The molecule has 3 atom stereocenters. The molecule has 1 amide bonds. The van der Waals surface area contributed by atoms with Crippen LogP contribution in [0.25, 0.3) is 0 Å². The van der Waals surface area contributed by atoms with Gasteiger partial charge in [0.05, 0.1) is 25.2 Å². The van der Waals surface area contributed by atoms with E-state index < -0.39 is 18.2 Å². The van der Waals surface area contributed by atoms with Crippen LogP contribution in [-0.4, -0.2) is 46.9 Å². The van der Waals surface area contributed by atoms with Crippen LogP contribution in [0.1, 0.15) is 239 Å². The third-order valence-corrected chi connectivity index (χ3v) is 11.1. The van der Waals surface area contributed by atoms with Gasteiger partial charge in [0.15, 0.2) is 0 Å². The number of aliphatic hydroxyl groups excluding tert-OH is 2. The molecule has 0 spiro atoms. The summed E-state index contributed by atoms with van der Waals surface area (Å²) in [7, 11) is 0. The number of esters is 1. The van der Waals surface area contributed by atoms with Crippen LogP contribution >= 0.6 is 0 Å². The smallest absolute Gasteiger partial charge is 0.306 e.